The number of fused-ring (bicyclic) bond motifs is 1. The van der Waals surface area contributed by atoms with Crippen LogP contribution in [0.4, 0.5) is 22.7 Å². The minimum atomic E-state index is -0.156. The van der Waals surface area contributed by atoms with Crippen LogP contribution in [0.25, 0.3) is 10.9 Å². The summed E-state index contributed by atoms with van der Waals surface area (Å²) in [6, 6.07) is 24.6. The lowest BCUT2D eigenvalue weighted by atomic mass is 9.83. The summed E-state index contributed by atoms with van der Waals surface area (Å²) in [7, 11) is 0. The van der Waals surface area contributed by atoms with Crippen LogP contribution in [0.1, 0.15) is 55.5 Å². The minimum absolute atomic E-state index is 0.156. The summed E-state index contributed by atoms with van der Waals surface area (Å²) in [5.74, 6) is 0.714. The summed E-state index contributed by atoms with van der Waals surface area (Å²) in [4.78, 5) is 17.2. The molecule has 3 aromatic carbocycles. The van der Waals surface area contributed by atoms with Gasteiger partial charge in [0, 0.05) is 46.4 Å². The highest BCUT2D eigenvalue weighted by Crippen LogP contribution is 2.29. The van der Waals surface area contributed by atoms with E-state index in [-0.39, 0.29) is 5.91 Å². The van der Waals surface area contributed by atoms with Crippen molar-refractivity contribution in [2.24, 2.45) is 5.92 Å². The zero-order valence-electron chi connectivity index (χ0n) is 21.4. The molecule has 1 heterocycles. The molecule has 0 bridgehead atoms. The maximum Gasteiger partial charge on any atom is 0.255 e. The van der Waals surface area contributed by atoms with Crippen molar-refractivity contribution in [2.75, 3.05) is 22.5 Å². The second kappa shape index (κ2) is 12.5. The van der Waals surface area contributed by atoms with Gasteiger partial charge in [-0.2, -0.15) is 5.26 Å². The van der Waals surface area contributed by atoms with Crippen LogP contribution in [0.2, 0.25) is 0 Å². The van der Waals surface area contributed by atoms with Crippen LogP contribution < -0.4 is 16.0 Å². The largest absolute Gasteiger partial charge is 0.385 e. The second-order valence-electron chi connectivity index (χ2n) is 8.95. The van der Waals surface area contributed by atoms with E-state index in [1.165, 1.54) is 25.7 Å². The van der Waals surface area contributed by atoms with E-state index in [0.717, 1.165) is 46.1 Å². The van der Waals surface area contributed by atoms with Gasteiger partial charge in [-0.3, -0.25) is 9.78 Å². The van der Waals surface area contributed by atoms with Crippen molar-refractivity contribution in [3.8, 4) is 6.07 Å². The number of amides is 1. The normalized spacial score (nSPS) is 12.5. The molecule has 1 aliphatic rings. The van der Waals surface area contributed by atoms with Gasteiger partial charge in [-0.1, -0.05) is 39.2 Å². The Morgan fingerprint density at radius 3 is 2.49 bits per heavy atom. The summed E-state index contributed by atoms with van der Waals surface area (Å²) >= 11 is 0. The fourth-order valence-corrected chi connectivity index (χ4v) is 4.30. The van der Waals surface area contributed by atoms with Crippen LogP contribution in [0.3, 0.4) is 0 Å². The molecule has 6 heteroatoms. The van der Waals surface area contributed by atoms with Crippen molar-refractivity contribution in [1.29, 1.82) is 5.26 Å². The lowest BCUT2D eigenvalue weighted by Crippen LogP contribution is -2.16. The van der Waals surface area contributed by atoms with Crippen LogP contribution in [-0.4, -0.2) is 17.4 Å². The number of carbonyl (C=O) groups excluding carboxylic acids is 1. The Morgan fingerprint density at radius 1 is 0.973 bits per heavy atom. The quantitative estimate of drug-likeness (QED) is 0.235. The Morgan fingerprint density at radius 2 is 1.76 bits per heavy atom. The van der Waals surface area contributed by atoms with E-state index in [2.05, 4.69) is 27.0 Å². The van der Waals surface area contributed by atoms with E-state index in [4.69, 9.17) is 0 Å². The standard InChI is InChI=1S/C29H27N5O.C2H6/c30-19-21-7-12-27-26(17-21)28(14-16-32-27)33-23-10-8-22(9-11-23)29(35)34-25-6-2-5-24(18-25)31-15-13-20-3-1-4-20;1-2/h2,5-12,14,16-18,20,31H,1,3-4,13,15H2,(H,32,33)(H,34,35);1-2H3. The summed E-state index contributed by atoms with van der Waals surface area (Å²) < 4.78 is 0. The number of carbonyl (C=O) groups is 1. The van der Waals surface area contributed by atoms with Crippen molar-refractivity contribution < 1.29 is 4.79 Å². The predicted octanol–water partition coefficient (Wildman–Crippen LogP) is 7.73. The summed E-state index contributed by atoms with van der Waals surface area (Å²) in [5, 5.41) is 19.9. The van der Waals surface area contributed by atoms with Crippen molar-refractivity contribution in [1.82, 2.24) is 4.98 Å². The van der Waals surface area contributed by atoms with Gasteiger partial charge in [0.05, 0.1) is 17.1 Å². The minimum Gasteiger partial charge on any atom is -0.385 e. The van der Waals surface area contributed by atoms with E-state index in [0.29, 0.717) is 11.1 Å². The molecule has 188 valence electrons. The molecular formula is C31H33N5O. The van der Waals surface area contributed by atoms with Crippen LogP contribution in [-0.2, 0) is 0 Å². The van der Waals surface area contributed by atoms with Gasteiger partial charge in [-0.15, -0.1) is 0 Å². The Labute approximate surface area is 218 Å². The molecule has 0 saturated heterocycles. The first-order valence-corrected chi connectivity index (χ1v) is 13.0. The lowest BCUT2D eigenvalue weighted by molar-refractivity contribution is 0.102. The van der Waals surface area contributed by atoms with E-state index < -0.39 is 0 Å². The molecule has 0 spiro atoms. The van der Waals surface area contributed by atoms with E-state index in [1.54, 1.807) is 24.4 Å². The number of hydrogen-bond acceptors (Lipinski definition) is 5. The molecular weight excluding hydrogens is 458 g/mol. The van der Waals surface area contributed by atoms with Gasteiger partial charge in [0.2, 0.25) is 0 Å². The second-order valence-corrected chi connectivity index (χ2v) is 8.95. The van der Waals surface area contributed by atoms with Crippen molar-refractivity contribution in [3.05, 3.63) is 90.1 Å². The predicted molar refractivity (Wildman–Crippen MR) is 152 cm³/mol. The molecule has 6 nitrogen and oxygen atoms in total. The molecule has 3 N–H and O–H groups in total. The number of benzene rings is 3. The van der Waals surface area contributed by atoms with Gasteiger partial charge in [0.15, 0.2) is 0 Å². The average Bonchev–Trinajstić information content (AvgIpc) is 2.92. The Balaban J connectivity index is 0.00000156. The van der Waals surface area contributed by atoms with Crippen LogP contribution in [0.15, 0.2) is 79.0 Å². The number of rotatable bonds is 8. The SMILES string of the molecule is CC.N#Cc1ccc2nccc(Nc3ccc(C(=O)Nc4cccc(NCCC5CCC5)c4)cc3)c2c1. The molecule has 0 aliphatic heterocycles. The number of anilines is 4. The Kier molecular flexibility index (Phi) is 8.72. The Bertz CT molecular complexity index is 1390. The highest BCUT2D eigenvalue weighted by molar-refractivity contribution is 6.04. The molecule has 1 aromatic heterocycles. The van der Waals surface area contributed by atoms with Gasteiger partial charge in [-0.05, 0) is 79.1 Å². The highest BCUT2D eigenvalue weighted by atomic mass is 16.1. The van der Waals surface area contributed by atoms with Crippen LogP contribution >= 0.6 is 0 Å². The zero-order valence-corrected chi connectivity index (χ0v) is 21.4. The van der Waals surface area contributed by atoms with Crippen molar-refractivity contribution in [2.45, 2.75) is 39.5 Å². The number of nitrogens with zero attached hydrogens (tertiary/aromatic N) is 2. The van der Waals surface area contributed by atoms with Crippen molar-refractivity contribution >= 4 is 39.6 Å². The lowest BCUT2D eigenvalue weighted by Gasteiger charge is -2.25. The van der Waals surface area contributed by atoms with E-state index >= 15 is 0 Å². The molecule has 0 atom stereocenters. The molecule has 4 aromatic rings. The average molecular weight is 492 g/mol. The maximum absolute atomic E-state index is 12.8. The first-order chi connectivity index (χ1) is 18.2. The molecule has 1 aliphatic carbocycles. The summed E-state index contributed by atoms with van der Waals surface area (Å²) in [5.41, 5.74) is 5.45. The molecule has 37 heavy (non-hydrogen) atoms. The number of hydrogen-bond donors (Lipinski definition) is 3. The first kappa shape index (κ1) is 25.7. The topological polar surface area (TPSA) is 89.8 Å². The third-order valence-electron chi connectivity index (χ3n) is 6.52. The first-order valence-electron chi connectivity index (χ1n) is 13.0. The van der Waals surface area contributed by atoms with E-state index in [9.17, 15) is 10.1 Å². The molecule has 0 radical (unpaired) electrons. The fraction of sp³-hybridized carbons (Fsp3) is 0.258. The molecule has 1 saturated carbocycles. The van der Waals surface area contributed by atoms with Crippen LogP contribution in [0, 0.1) is 17.2 Å². The van der Waals surface area contributed by atoms with Gasteiger partial charge in [-0.25, -0.2) is 0 Å². The maximum atomic E-state index is 12.8. The zero-order chi connectivity index (χ0) is 26.0. The fourth-order valence-electron chi connectivity index (χ4n) is 4.30. The number of nitrogens with one attached hydrogen (secondary N) is 3. The monoisotopic (exact) mass is 491 g/mol. The third-order valence-corrected chi connectivity index (χ3v) is 6.52. The van der Waals surface area contributed by atoms with E-state index in [1.807, 2.05) is 68.4 Å². The summed E-state index contributed by atoms with van der Waals surface area (Å²) in [6.45, 7) is 4.96. The van der Waals surface area contributed by atoms with Crippen LogP contribution in [0.5, 0.6) is 0 Å². The highest BCUT2D eigenvalue weighted by Gasteiger charge is 2.16. The number of aromatic nitrogens is 1. The van der Waals surface area contributed by atoms with Gasteiger partial charge in [0.25, 0.3) is 5.91 Å². The third kappa shape index (κ3) is 6.65. The van der Waals surface area contributed by atoms with Gasteiger partial charge < -0.3 is 16.0 Å². The van der Waals surface area contributed by atoms with Crippen molar-refractivity contribution in [3.63, 3.8) is 0 Å². The molecule has 1 amide bonds. The number of pyridine rings is 1. The van der Waals surface area contributed by atoms with Gasteiger partial charge >= 0.3 is 0 Å². The summed E-state index contributed by atoms with van der Waals surface area (Å²) in [6.07, 6.45) is 7.01. The molecule has 0 unspecified atom stereocenters. The number of nitriles is 1. The smallest absolute Gasteiger partial charge is 0.255 e. The molecule has 5 rings (SSSR count). The molecule has 1 fully saturated rings. The Hall–Kier alpha value is -4.37. The van der Waals surface area contributed by atoms with Gasteiger partial charge in [0.1, 0.15) is 0 Å².